The maximum atomic E-state index is 13.6. The summed E-state index contributed by atoms with van der Waals surface area (Å²) in [5.41, 5.74) is 7.91. The maximum absolute atomic E-state index is 13.6. The van der Waals surface area contributed by atoms with Crippen LogP contribution in [0.15, 0.2) is 59.1 Å². The number of carbonyl (C=O) groups excluding carboxylic acids is 3. The number of hydrogen-bond acceptors (Lipinski definition) is 7. The summed E-state index contributed by atoms with van der Waals surface area (Å²) >= 11 is 1.48. The second-order valence-electron chi connectivity index (χ2n) is 10.7. The predicted molar refractivity (Wildman–Crippen MR) is 154 cm³/mol. The van der Waals surface area contributed by atoms with Gasteiger partial charge in [-0.05, 0) is 75.0 Å². The third kappa shape index (κ3) is 5.04. The van der Waals surface area contributed by atoms with Gasteiger partial charge in [0.25, 0.3) is 5.91 Å². The average molecular weight is 563 g/mol. The highest BCUT2D eigenvalue weighted by Crippen LogP contribution is 2.48. The summed E-state index contributed by atoms with van der Waals surface area (Å²) in [5, 5.41) is 12.6. The molecule has 11 heteroatoms. The Hall–Kier alpha value is -3.54. The highest BCUT2D eigenvalue weighted by molar-refractivity contribution is 8.04. The van der Waals surface area contributed by atoms with E-state index in [2.05, 4.69) is 21.3 Å². The number of rotatable bonds is 7. The van der Waals surface area contributed by atoms with Crippen molar-refractivity contribution in [1.82, 2.24) is 21.3 Å². The lowest BCUT2D eigenvalue weighted by molar-refractivity contribution is -0.121. The summed E-state index contributed by atoms with van der Waals surface area (Å²) < 4.78 is 6.00. The summed E-state index contributed by atoms with van der Waals surface area (Å²) in [7, 11) is 0. The van der Waals surface area contributed by atoms with Gasteiger partial charge in [-0.15, -0.1) is 0 Å². The Bertz CT molecular complexity index is 1350. The minimum Gasteiger partial charge on any atom is -0.457 e. The highest BCUT2D eigenvalue weighted by atomic mass is 32.2. The lowest BCUT2D eigenvalue weighted by Gasteiger charge is -2.46. The molecule has 2 aromatic carbocycles. The number of ether oxygens (including phenoxy) is 1. The molecule has 6 N–H and O–H groups in total. The van der Waals surface area contributed by atoms with E-state index < -0.39 is 0 Å². The van der Waals surface area contributed by atoms with Gasteiger partial charge in [0, 0.05) is 29.4 Å². The average Bonchev–Trinajstić information content (AvgIpc) is 3.55. The number of amides is 4. The van der Waals surface area contributed by atoms with Gasteiger partial charge in [-0.2, -0.15) is 0 Å². The molecular weight excluding hydrogens is 528 g/mol. The first kappa shape index (κ1) is 26.7. The normalized spacial score (nSPS) is 27.2. The Morgan fingerprint density at radius 2 is 1.85 bits per heavy atom. The maximum Gasteiger partial charge on any atom is 0.326 e. The molecule has 4 amide bonds. The number of benzene rings is 2. The predicted octanol–water partition coefficient (Wildman–Crippen LogP) is 2.69. The van der Waals surface area contributed by atoms with Crippen molar-refractivity contribution in [3.63, 3.8) is 0 Å². The lowest BCUT2D eigenvalue weighted by atomic mass is 9.86. The number of nitrogens with two attached hydrogens (primary N) is 1. The molecule has 10 nitrogen and oxygen atoms in total. The number of urea groups is 1. The molecule has 210 valence electrons. The lowest BCUT2D eigenvalue weighted by Crippen LogP contribution is -2.62. The van der Waals surface area contributed by atoms with Gasteiger partial charge in [-0.25, -0.2) is 4.79 Å². The van der Waals surface area contributed by atoms with Crippen LogP contribution in [0.25, 0.3) is 0 Å². The van der Waals surface area contributed by atoms with Gasteiger partial charge in [-0.1, -0.05) is 30.0 Å². The summed E-state index contributed by atoms with van der Waals surface area (Å²) in [6.07, 6.45) is 3.26. The zero-order chi connectivity index (χ0) is 27.8. The molecule has 0 aromatic heterocycles. The number of anilines is 1. The van der Waals surface area contributed by atoms with Gasteiger partial charge in [0.15, 0.2) is 0 Å². The molecule has 6 rings (SSSR count). The number of nitrogens with zero attached hydrogens (tertiary/aromatic N) is 1. The number of piperidine rings is 1. The van der Waals surface area contributed by atoms with Crippen LogP contribution in [0.2, 0.25) is 0 Å². The van der Waals surface area contributed by atoms with Crippen LogP contribution in [0.1, 0.15) is 31.2 Å². The highest BCUT2D eigenvalue weighted by Gasteiger charge is 2.52. The molecule has 3 heterocycles. The summed E-state index contributed by atoms with van der Waals surface area (Å²) in [6, 6.07) is 14.7. The minimum absolute atomic E-state index is 0.0186. The molecule has 3 aliphatic heterocycles. The quantitative estimate of drug-likeness (QED) is 0.350. The first-order valence-corrected chi connectivity index (χ1v) is 14.7. The van der Waals surface area contributed by atoms with Crippen LogP contribution in [0.4, 0.5) is 10.5 Å². The summed E-state index contributed by atoms with van der Waals surface area (Å²) in [5.74, 6) is 0.975. The first-order chi connectivity index (χ1) is 19.4. The molecule has 2 saturated heterocycles. The Morgan fingerprint density at radius 1 is 1.07 bits per heavy atom. The topological polar surface area (TPSA) is 138 Å². The van der Waals surface area contributed by atoms with E-state index in [-0.39, 0.29) is 53.8 Å². The van der Waals surface area contributed by atoms with Crippen molar-refractivity contribution in [3.8, 4) is 11.5 Å². The molecule has 40 heavy (non-hydrogen) atoms. The van der Waals surface area contributed by atoms with Crippen LogP contribution in [0.5, 0.6) is 11.5 Å². The third-order valence-corrected chi connectivity index (χ3v) is 9.47. The first-order valence-electron chi connectivity index (χ1n) is 13.8. The molecule has 0 bridgehead atoms. The van der Waals surface area contributed by atoms with Crippen LogP contribution < -0.4 is 36.6 Å². The van der Waals surface area contributed by atoms with Crippen molar-refractivity contribution >= 4 is 35.3 Å². The fourth-order valence-electron chi connectivity index (χ4n) is 6.29. The molecular formula is C29H34N6O4S. The number of para-hydroxylation sites is 1. The number of carbonyl (C=O) groups is 3. The number of aryl methyl sites for hydroxylation is 1. The van der Waals surface area contributed by atoms with Crippen molar-refractivity contribution in [2.24, 2.45) is 11.7 Å². The fourth-order valence-corrected chi connectivity index (χ4v) is 7.69. The van der Waals surface area contributed by atoms with Crippen LogP contribution in [-0.4, -0.2) is 54.4 Å². The minimum atomic E-state index is -0.238. The van der Waals surface area contributed by atoms with Crippen molar-refractivity contribution in [2.45, 2.75) is 56.1 Å². The molecule has 4 aliphatic rings. The molecule has 1 saturated carbocycles. The Morgan fingerprint density at radius 3 is 2.60 bits per heavy atom. The molecule has 1 aliphatic carbocycles. The monoisotopic (exact) mass is 562 g/mol. The fraction of sp³-hybridized carbons (Fsp3) is 0.414. The Balaban J connectivity index is 1.22. The van der Waals surface area contributed by atoms with Gasteiger partial charge < -0.3 is 31.7 Å². The van der Waals surface area contributed by atoms with E-state index in [0.29, 0.717) is 16.4 Å². The van der Waals surface area contributed by atoms with Gasteiger partial charge >= 0.3 is 6.03 Å². The van der Waals surface area contributed by atoms with Crippen LogP contribution in [0, 0.1) is 12.8 Å². The molecule has 3 unspecified atom stereocenters. The SMILES string of the molecule is Cc1cc(Oc2ccccc2)ccc1N1C(=O)NC2=C(C(=O)N[C@@H]3CCC[C@H]3NC(=O)CN)SC3NCCC1C23. The van der Waals surface area contributed by atoms with Crippen molar-refractivity contribution in [1.29, 1.82) is 0 Å². The van der Waals surface area contributed by atoms with Gasteiger partial charge in [0.05, 0.1) is 22.9 Å². The number of hydrogen-bond donors (Lipinski definition) is 5. The molecule has 5 atom stereocenters. The van der Waals surface area contributed by atoms with E-state index in [1.807, 2.05) is 60.4 Å². The second kappa shape index (κ2) is 11.1. The van der Waals surface area contributed by atoms with E-state index in [4.69, 9.17) is 10.5 Å². The smallest absolute Gasteiger partial charge is 0.326 e. The van der Waals surface area contributed by atoms with E-state index >= 15 is 0 Å². The molecule has 3 fully saturated rings. The van der Waals surface area contributed by atoms with E-state index in [1.165, 1.54) is 11.8 Å². The number of thioether (sulfide) groups is 1. The van der Waals surface area contributed by atoms with E-state index in [1.54, 1.807) is 0 Å². The zero-order valence-corrected chi connectivity index (χ0v) is 23.1. The Labute approximate surface area is 237 Å². The largest absolute Gasteiger partial charge is 0.457 e. The van der Waals surface area contributed by atoms with Crippen LogP contribution in [-0.2, 0) is 9.59 Å². The van der Waals surface area contributed by atoms with Crippen LogP contribution >= 0.6 is 11.8 Å². The van der Waals surface area contributed by atoms with Gasteiger partial charge in [0.1, 0.15) is 11.5 Å². The van der Waals surface area contributed by atoms with Crippen molar-refractivity contribution < 1.29 is 19.1 Å². The Kier molecular flexibility index (Phi) is 7.43. The van der Waals surface area contributed by atoms with E-state index in [9.17, 15) is 14.4 Å². The molecule has 0 radical (unpaired) electrons. The molecule has 2 aromatic rings. The van der Waals surface area contributed by atoms with Crippen molar-refractivity contribution in [2.75, 3.05) is 18.0 Å². The number of nitrogens with one attached hydrogen (secondary N) is 4. The van der Waals surface area contributed by atoms with Crippen LogP contribution in [0.3, 0.4) is 0 Å². The molecule has 0 spiro atoms. The van der Waals surface area contributed by atoms with E-state index in [0.717, 1.165) is 49.2 Å². The zero-order valence-electron chi connectivity index (χ0n) is 22.3. The van der Waals surface area contributed by atoms with Crippen molar-refractivity contribution in [3.05, 3.63) is 64.7 Å². The van der Waals surface area contributed by atoms with Gasteiger partial charge in [0.2, 0.25) is 5.91 Å². The summed E-state index contributed by atoms with van der Waals surface area (Å²) in [6.45, 7) is 2.65. The second-order valence-corrected chi connectivity index (χ2v) is 11.8. The third-order valence-electron chi connectivity index (χ3n) is 8.12. The summed E-state index contributed by atoms with van der Waals surface area (Å²) in [4.78, 5) is 41.4. The standard InChI is InChI=1S/C29H34N6O4S/c1-16-14-18(39-17-6-3-2-4-7-17)10-11-21(16)35-22-12-13-31-28-24(22)25(34-29(35)38)26(40-28)27(37)33-20-9-5-8-19(20)32-23(36)15-30/h2-4,6-7,10-11,14,19-20,22,24,28,31H,5,8-9,12-13,15,30H2,1H3,(H,32,36)(H,33,37)(H,34,38)/t19-,20-,22?,24?,28?/m1/s1. The van der Waals surface area contributed by atoms with Gasteiger partial charge in [-0.3, -0.25) is 14.5 Å².